The molecule has 2 aliphatic carbocycles. The third-order valence-electron chi connectivity index (χ3n) is 4.29. The van der Waals surface area contributed by atoms with Crippen molar-refractivity contribution >= 4 is 0 Å². The summed E-state index contributed by atoms with van der Waals surface area (Å²) in [6, 6.07) is 7.12. The van der Waals surface area contributed by atoms with Crippen LogP contribution in [0.4, 0.5) is 0 Å². The van der Waals surface area contributed by atoms with Gasteiger partial charge >= 0.3 is 0 Å². The molecule has 2 nitrogen and oxygen atoms in total. The van der Waals surface area contributed by atoms with Crippen molar-refractivity contribution in [3.63, 3.8) is 0 Å². The summed E-state index contributed by atoms with van der Waals surface area (Å²) in [4.78, 5) is 0. The van der Waals surface area contributed by atoms with Crippen molar-refractivity contribution in [2.45, 2.75) is 37.7 Å². The number of rotatable bonds is 1. The summed E-state index contributed by atoms with van der Waals surface area (Å²) in [6.45, 7) is 0. The molecule has 0 saturated heterocycles. The van der Waals surface area contributed by atoms with E-state index in [-0.39, 0.29) is 5.75 Å². The molecule has 0 spiro atoms. The highest BCUT2D eigenvalue weighted by Crippen LogP contribution is 2.50. The van der Waals surface area contributed by atoms with Crippen molar-refractivity contribution < 1.29 is 10.2 Å². The first kappa shape index (κ1) is 10.2. The van der Waals surface area contributed by atoms with Crippen LogP contribution in [0.3, 0.4) is 0 Å². The van der Waals surface area contributed by atoms with E-state index in [2.05, 4.69) is 0 Å². The Kier molecular flexibility index (Phi) is 2.21. The number of hydrogen-bond acceptors (Lipinski definition) is 2. The summed E-state index contributed by atoms with van der Waals surface area (Å²) in [5, 5.41) is 20.2. The van der Waals surface area contributed by atoms with E-state index >= 15 is 0 Å². The maximum atomic E-state index is 10.7. The molecule has 0 radical (unpaired) electrons. The first-order chi connectivity index (χ1) is 7.66. The van der Waals surface area contributed by atoms with Crippen LogP contribution >= 0.6 is 0 Å². The summed E-state index contributed by atoms with van der Waals surface area (Å²) in [6.07, 6.45) is 5.57. The standard InChI is InChI=1S/C14H18O2/c15-13-3-1-2-12(7-13)14(16)8-10-4-5-11(6-10)9-14/h1-3,7,10-11,15-16H,4-6,8-9H2/t10-,11+,14?. The molecule has 3 rings (SSSR count). The van der Waals surface area contributed by atoms with Crippen molar-refractivity contribution in [2.24, 2.45) is 11.8 Å². The third-order valence-corrected chi connectivity index (χ3v) is 4.29. The normalized spacial score (nSPS) is 37.6. The summed E-state index contributed by atoms with van der Waals surface area (Å²) < 4.78 is 0. The molecule has 2 bridgehead atoms. The minimum atomic E-state index is -0.692. The summed E-state index contributed by atoms with van der Waals surface area (Å²) in [5.74, 6) is 1.63. The number of phenolic OH excluding ortho intramolecular Hbond substituents is 1. The van der Waals surface area contributed by atoms with Gasteiger partial charge in [0.15, 0.2) is 0 Å². The van der Waals surface area contributed by atoms with Crippen LogP contribution in [0.2, 0.25) is 0 Å². The van der Waals surface area contributed by atoms with Crippen LogP contribution in [0.1, 0.15) is 37.7 Å². The molecular formula is C14H18O2. The molecule has 2 heteroatoms. The van der Waals surface area contributed by atoms with Crippen molar-refractivity contribution in [3.8, 4) is 5.75 Å². The van der Waals surface area contributed by atoms with E-state index in [0.717, 1.165) is 18.4 Å². The molecular weight excluding hydrogens is 200 g/mol. The quantitative estimate of drug-likeness (QED) is 0.761. The summed E-state index contributed by atoms with van der Waals surface area (Å²) in [5.41, 5.74) is 0.201. The summed E-state index contributed by atoms with van der Waals surface area (Å²) >= 11 is 0. The highest BCUT2D eigenvalue weighted by Gasteiger charge is 2.43. The molecule has 1 unspecified atom stereocenters. The van der Waals surface area contributed by atoms with E-state index in [0.29, 0.717) is 11.8 Å². The number of aromatic hydroxyl groups is 1. The molecule has 0 amide bonds. The van der Waals surface area contributed by atoms with Gasteiger partial charge in [-0.15, -0.1) is 0 Å². The van der Waals surface area contributed by atoms with E-state index < -0.39 is 5.60 Å². The lowest BCUT2D eigenvalue weighted by atomic mass is 9.74. The van der Waals surface area contributed by atoms with Gasteiger partial charge in [-0.1, -0.05) is 25.0 Å². The first-order valence-corrected chi connectivity index (χ1v) is 6.18. The van der Waals surface area contributed by atoms with E-state index in [1.54, 1.807) is 12.1 Å². The SMILES string of the molecule is Oc1cccc(C2(O)C[C@@H]3CC[C@@H](C3)C2)c1. The predicted molar refractivity (Wildman–Crippen MR) is 62.1 cm³/mol. The van der Waals surface area contributed by atoms with Gasteiger partial charge in [0.25, 0.3) is 0 Å². The Hall–Kier alpha value is -1.02. The minimum absolute atomic E-state index is 0.254. The number of fused-ring (bicyclic) bond motifs is 2. The van der Waals surface area contributed by atoms with Gasteiger partial charge in [0.05, 0.1) is 5.60 Å². The molecule has 86 valence electrons. The second kappa shape index (κ2) is 3.49. The third kappa shape index (κ3) is 1.61. The zero-order valence-corrected chi connectivity index (χ0v) is 9.39. The van der Waals surface area contributed by atoms with E-state index in [1.807, 2.05) is 12.1 Å². The second-order valence-electron chi connectivity index (χ2n) is 5.54. The average Bonchev–Trinajstić information content (AvgIpc) is 2.59. The zero-order valence-electron chi connectivity index (χ0n) is 9.39. The highest BCUT2D eigenvalue weighted by atomic mass is 16.3. The molecule has 2 N–H and O–H groups in total. The molecule has 0 heterocycles. The van der Waals surface area contributed by atoms with Crippen LogP contribution in [0, 0.1) is 11.8 Å². The highest BCUT2D eigenvalue weighted by molar-refractivity contribution is 5.32. The number of hydrogen-bond donors (Lipinski definition) is 2. The number of phenols is 1. The van der Waals surface area contributed by atoms with Gasteiger partial charge < -0.3 is 10.2 Å². The van der Waals surface area contributed by atoms with Crippen LogP contribution < -0.4 is 0 Å². The van der Waals surface area contributed by atoms with Gasteiger partial charge in [0.1, 0.15) is 5.75 Å². The lowest BCUT2D eigenvalue weighted by Gasteiger charge is -2.36. The van der Waals surface area contributed by atoms with Crippen LogP contribution in [0.5, 0.6) is 5.75 Å². The van der Waals surface area contributed by atoms with E-state index in [1.165, 1.54) is 19.3 Å². The van der Waals surface area contributed by atoms with Crippen molar-refractivity contribution in [2.75, 3.05) is 0 Å². The fourth-order valence-corrected chi connectivity index (χ4v) is 3.62. The second-order valence-corrected chi connectivity index (χ2v) is 5.54. The summed E-state index contributed by atoms with van der Waals surface area (Å²) in [7, 11) is 0. The van der Waals surface area contributed by atoms with Gasteiger partial charge in [0.2, 0.25) is 0 Å². The van der Waals surface area contributed by atoms with Crippen LogP contribution in [0.15, 0.2) is 24.3 Å². The van der Waals surface area contributed by atoms with Crippen molar-refractivity contribution in [1.82, 2.24) is 0 Å². The van der Waals surface area contributed by atoms with Crippen molar-refractivity contribution in [1.29, 1.82) is 0 Å². The van der Waals surface area contributed by atoms with Crippen LogP contribution in [-0.2, 0) is 5.60 Å². The van der Waals surface area contributed by atoms with Gasteiger partial charge in [-0.25, -0.2) is 0 Å². The predicted octanol–water partition coefficient (Wildman–Crippen LogP) is 2.79. The number of benzene rings is 1. The molecule has 1 aromatic rings. The van der Waals surface area contributed by atoms with Gasteiger partial charge in [0, 0.05) is 0 Å². The molecule has 1 aromatic carbocycles. The smallest absolute Gasteiger partial charge is 0.115 e. The molecule has 0 aliphatic heterocycles. The van der Waals surface area contributed by atoms with E-state index in [9.17, 15) is 10.2 Å². The Labute approximate surface area is 95.9 Å². The Bertz CT molecular complexity index is 387. The lowest BCUT2D eigenvalue weighted by molar-refractivity contribution is -0.0256. The molecule has 2 aliphatic rings. The Morgan fingerprint density at radius 2 is 1.81 bits per heavy atom. The van der Waals surface area contributed by atoms with Gasteiger partial charge in [-0.05, 0) is 48.8 Å². The molecule has 0 aromatic heterocycles. The van der Waals surface area contributed by atoms with E-state index in [4.69, 9.17) is 0 Å². The Morgan fingerprint density at radius 3 is 2.44 bits per heavy atom. The fourth-order valence-electron chi connectivity index (χ4n) is 3.62. The average molecular weight is 218 g/mol. The monoisotopic (exact) mass is 218 g/mol. The van der Waals surface area contributed by atoms with Crippen LogP contribution in [0.25, 0.3) is 0 Å². The molecule has 16 heavy (non-hydrogen) atoms. The van der Waals surface area contributed by atoms with Gasteiger partial charge in [-0.3, -0.25) is 0 Å². The van der Waals surface area contributed by atoms with Crippen molar-refractivity contribution in [3.05, 3.63) is 29.8 Å². The first-order valence-electron chi connectivity index (χ1n) is 6.18. The zero-order chi connectivity index (χ0) is 11.2. The Morgan fingerprint density at radius 1 is 1.12 bits per heavy atom. The molecule has 2 saturated carbocycles. The lowest BCUT2D eigenvalue weighted by Crippen LogP contribution is -2.33. The minimum Gasteiger partial charge on any atom is -0.508 e. The maximum absolute atomic E-state index is 10.7. The van der Waals surface area contributed by atoms with Crippen LogP contribution in [-0.4, -0.2) is 10.2 Å². The molecule has 3 atom stereocenters. The largest absolute Gasteiger partial charge is 0.508 e. The number of aliphatic hydroxyl groups is 1. The maximum Gasteiger partial charge on any atom is 0.115 e. The topological polar surface area (TPSA) is 40.5 Å². The Balaban J connectivity index is 1.93. The molecule has 2 fully saturated rings. The fraction of sp³-hybridized carbons (Fsp3) is 0.571. The van der Waals surface area contributed by atoms with Gasteiger partial charge in [-0.2, -0.15) is 0 Å².